The van der Waals surface area contributed by atoms with Crippen LogP contribution in [0.15, 0.2) is 86.9 Å². The van der Waals surface area contributed by atoms with Gasteiger partial charge in [-0.05, 0) is 105 Å². The van der Waals surface area contributed by atoms with E-state index >= 15 is 0 Å². The van der Waals surface area contributed by atoms with Crippen molar-refractivity contribution in [2.45, 2.75) is 76.4 Å². The molecular formula is C45H47F2N9O7. The molecule has 6 aromatic rings. The van der Waals surface area contributed by atoms with Gasteiger partial charge in [0.25, 0.3) is 12.3 Å². The SMILES string of the molecule is O=C1CCC(n2c(=O)oc3c(CCCN4CCO[C@@H](CCCc5ccc(-n6cc(NC(=O)c7coc(-c8ccnc(NCC9CC9)c8)n7)c(C(F)F)n6)cc5)C4)cccc32)C(=O)N1. The van der Waals surface area contributed by atoms with Gasteiger partial charge in [0.2, 0.25) is 17.7 Å². The second-order valence-corrected chi connectivity index (χ2v) is 16.3. The predicted molar refractivity (Wildman–Crippen MR) is 227 cm³/mol. The number of rotatable bonds is 17. The summed E-state index contributed by atoms with van der Waals surface area (Å²) in [6, 6.07) is 15.8. The highest BCUT2D eigenvalue weighted by molar-refractivity contribution is 6.03. The van der Waals surface area contributed by atoms with Crippen LogP contribution in [0.25, 0.3) is 28.2 Å². The molecule has 1 unspecified atom stereocenters. The third-order valence-corrected chi connectivity index (χ3v) is 11.8. The van der Waals surface area contributed by atoms with Crippen LogP contribution in [0.5, 0.6) is 0 Å². The minimum atomic E-state index is -2.93. The van der Waals surface area contributed by atoms with Crippen LogP contribution in [0.4, 0.5) is 20.3 Å². The number of hydrogen-bond acceptors (Lipinski definition) is 12. The van der Waals surface area contributed by atoms with E-state index in [1.54, 1.807) is 24.4 Å². The number of aryl methyl sites for hydroxylation is 2. The van der Waals surface area contributed by atoms with Crippen molar-refractivity contribution in [3.05, 3.63) is 106 Å². The van der Waals surface area contributed by atoms with Gasteiger partial charge in [-0.1, -0.05) is 24.3 Å². The molecule has 6 heterocycles. The lowest BCUT2D eigenvalue weighted by Crippen LogP contribution is -2.43. The minimum absolute atomic E-state index is 0.0678. The fraction of sp³-hybridized carbons (Fsp3) is 0.400. The zero-order chi connectivity index (χ0) is 43.5. The molecule has 0 spiro atoms. The summed E-state index contributed by atoms with van der Waals surface area (Å²) in [5.74, 6) is -0.618. The lowest BCUT2D eigenvalue weighted by Gasteiger charge is -2.33. The first-order valence-corrected chi connectivity index (χ1v) is 21.4. The number of imide groups is 1. The molecule has 2 saturated heterocycles. The third kappa shape index (κ3) is 9.76. The summed E-state index contributed by atoms with van der Waals surface area (Å²) in [5, 5.41) is 12.2. The smallest absolute Gasteiger partial charge is 0.420 e. The van der Waals surface area contributed by atoms with Crippen molar-refractivity contribution < 1.29 is 36.7 Å². The number of amides is 3. The molecule has 2 atom stereocenters. The standard InChI is InChI=1S/C45H47F2N9O7/c46-41(47)39-33(50-42(58)34-26-62-44(51-34)30-17-18-48-37(22-30)49-23-28-9-10-28)25-55(53-39)31-13-11-27(12-14-31)4-1-7-32-24-54(20-21-61-32)19-3-6-29-5-2-8-35-40(29)63-45(60)56(35)36-15-16-38(57)52-43(36)59/h2,5,8,11-14,17-18,22,25-26,28,32,36,41H,1,3-4,6-7,9-10,15-16,19-21,23-24H2,(H,48,49)(H,50,58)(H,52,57,59)/t32-,36?/m0/s1. The Bertz CT molecular complexity index is 2670. The van der Waals surface area contributed by atoms with Crippen molar-refractivity contribution in [2.24, 2.45) is 5.92 Å². The molecule has 2 aromatic carbocycles. The van der Waals surface area contributed by atoms with E-state index in [2.05, 4.69) is 35.9 Å². The number of carbonyl (C=O) groups is 3. The molecule has 3 aliphatic rings. The Labute approximate surface area is 360 Å². The average Bonchev–Trinajstić information content (AvgIpc) is 3.63. The van der Waals surface area contributed by atoms with Gasteiger partial charge in [0.15, 0.2) is 17.0 Å². The first-order valence-electron chi connectivity index (χ1n) is 21.4. The Morgan fingerprint density at radius 1 is 1.02 bits per heavy atom. The Kier molecular flexibility index (Phi) is 12.2. The first-order chi connectivity index (χ1) is 30.6. The number of hydrogen-bond donors (Lipinski definition) is 3. The number of ether oxygens (including phenoxy) is 1. The van der Waals surface area contributed by atoms with Gasteiger partial charge in [-0.2, -0.15) is 5.10 Å². The van der Waals surface area contributed by atoms with Crippen LogP contribution in [0.2, 0.25) is 0 Å². The Balaban J connectivity index is 0.747. The average molecular weight is 864 g/mol. The first kappa shape index (κ1) is 41.8. The van der Waals surface area contributed by atoms with Gasteiger partial charge in [-0.3, -0.25) is 29.2 Å². The molecule has 328 valence electrons. The molecule has 1 saturated carbocycles. The number of para-hydroxylation sites is 1. The van der Waals surface area contributed by atoms with Crippen LogP contribution in [0.3, 0.4) is 0 Å². The summed E-state index contributed by atoms with van der Waals surface area (Å²) in [4.78, 5) is 61.1. The van der Waals surface area contributed by atoms with E-state index in [1.165, 1.54) is 34.6 Å². The summed E-state index contributed by atoms with van der Waals surface area (Å²) in [6.07, 6.45) is 8.22. The number of aromatic nitrogens is 5. The van der Waals surface area contributed by atoms with Gasteiger partial charge >= 0.3 is 5.76 Å². The lowest BCUT2D eigenvalue weighted by molar-refractivity contribution is -0.135. The molecule has 18 heteroatoms. The van der Waals surface area contributed by atoms with Crippen LogP contribution in [-0.2, 0) is 27.2 Å². The molecule has 0 bridgehead atoms. The zero-order valence-corrected chi connectivity index (χ0v) is 34.4. The van der Waals surface area contributed by atoms with E-state index in [-0.39, 0.29) is 42.1 Å². The quantitative estimate of drug-likeness (QED) is 0.0848. The number of nitrogens with one attached hydrogen (secondary N) is 3. The summed E-state index contributed by atoms with van der Waals surface area (Å²) in [5.41, 5.74) is 3.42. The topological polar surface area (TPSA) is 192 Å². The third-order valence-electron chi connectivity index (χ3n) is 11.8. The van der Waals surface area contributed by atoms with Crippen molar-refractivity contribution in [2.75, 3.05) is 43.4 Å². The maximum absolute atomic E-state index is 14.1. The van der Waals surface area contributed by atoms with Gasteiger partial charge in [0, 0.05) is 37.8 Å². The maximum atomic E-state index is 14.1. The molecule has 3 amide bonds. The summed E-state index contributed by atoms with van der Waals surface area (Å²) in [6.45, 7) is 3.93. The number of fused-ring (bicyclic) bond motifs is 1. The summed E-state index contributed by atoms with van der Waals surface area (Å²) < 4.78 is 48.2. The second kappa shape index (κ2) is 18.4. The van der Waals surface area contributed by atoms with Gasteiger partial charge in [0.1, 0.15) is 18.1 Å². The number of benzene rings is 2. The molecule has 63 heavy (non-hydrogen) atoms. The molecular weight excluding hydrogens is 817 g/mol. The number of halogens is 2. The summed E-state index contributed by atoms with van der Waals surface area (Å²) >= 11 is 0. The van der Waals surface area contributed by atoms with E-state index in [1.807, 2.05) is 36.4 Å². The van der Waals surface area contributed by atoms with Gasteiger partial charge in [0.05, 0.1) is 35.8 Å². The molecule has 3 fully saturated rings. The largest absolute Gasteiger partial charge is 0.444 e. The van der Waals surface area contributed by atoms with Gasteiger partial charge in [-0.25, -0.2) is 28.2 Å². The zero-order valence-electron chi connectivity index (χ0n) is 34.4. The van der Waals surface area contributed by atoms with E-state index in [9.17, 15) is 28.0 Å². The number of morpholine rings is 1. The Hall–Kier alpha value is -6.53. The highest BCUT2D eigenvalue weighted by Crippen LogP contribution is 2.31. The highest BCUT2D eigenvalue weighted by Gasteiger charge is 2.32. The van der Waals surface area contributed by atoms with Gasteiger partial charge in [-0.15, -0.1) is 0 Å². The molecule has 4 aromatic heterocycles. The number of pyridine rings is 1. The van der Waals surface area contributed by atoms with Crippen LogP contribution < -0.4 is 21.7 Å². The fourth-order valence-electron chi connectivity index (χ4n) is 8.24. The van der Waals surface area contributed by atoms with E-state index < -0.39 is 35.7 Å². The molecule has 0 radical (unpaired) electrons. The van der Waals surface area contributed by atoms with E-state index in [4.69, 9.17) is 13.6 Å². The van der Waals surface area contributed by atoms with Crippen LogP contribution in [0.1, 0.15) is 84.7 Å². The predicted octanol–water partition coefficient (Wildman–Crippen LogP) is 6.48. The maximum Gasteiger partial charge on any atom is 0.420 e. The molecule has 3 N–H and O–H groups in total. The van der Waals surface area contributed by atoms with Crippen molar-refractivity contribution in [3.63, 3.8) is 0 Å². The second-order valence-electron chi connectivity index (χ2n) is 16.3. The lowest BCUT2D eigenvalue weighted by atomic mass is 10.0. The van der Waals surface area contributed by atoms with E-state index in [0.29, 0.717) is 47.1 Å². The minimum Gasteiger partial charge on any atom is -0.444 e. The molecule has 2 aliphatic heterocycles. The fourth-order valence-corrected chi connectivity index (χ4v) is 8.24. The van der Waals surface area contributed by atoms with E-state index in [0.717, 1.165) is 63.0 Å². The van der Waals surface area contributed by atoms with Gasteiger partial charge < -0.3 is 24.2 Å². The molecule has 1 aliphatic carbocycles. The number of nitrogens with zero attached hydrogens (tertiary/aromatic N) is 6. The van der Waals surface area contributed by atoms with Crippen molar-refractivity contribution in [1.82, 2.24) is 34.5 Å². The van der Waals surface area contributed by atoms with Crippen molar-refractivity contribution >= 4 is 40.3 Å². The number of anilines is 2. The Morgan fingerprint density at radius 3 is 2.68 bits per heavy atom. The normalized spacial score (nSPS) is 18.3. The number of alkyl halides is 2. The van der Waals surface area contributed by atoms with Crippen LogP contribution in [0, 0.1) is 5.92 Å². The highest BCUT2D eigenvalue weighted by atomic mass is 19.3. The van der Waals surface area contributed by atoms with Crippen molar-refractivity contribution in [3.8, 4) is 17.1 Å². The molecule has 9 rings (SSSR count). The number of piperidine rings is 1. The monoisotopic (exact) mass is 863 g/mol. The van der Waals surface area contributed by atoms with Crippen molar-refractivity contribution in [1.29, 1.82) is 0 Å². The molecule has 16 nitrogen and oxygen atoms in total. The summed E-state index contributed by atoms with van der Waals surface area (Å²) in [7, 11) is 0. The van der Waals surface area contributed by atoms with Crippen LogP contribution >= 0.6 is 0 Å². The number of oxazole rings is 2. The van der Waals surface area contributed by atoms with Crippen LogP contribution in [-0.4, -0.2) is 85.8 Å². The Morgan fingerprint density at radius 2 is 1.87 bits per heavy atom. The number of carbonyl (C=O) groups excluding carboxylic acids is 3.